The summed E-state index contributed by atoms with van der Waals surface area (Å²) >= 11 is 0. The highest BCUT2D eigenvalue weighted by molar-refractivity contribution is 5.86. The standard InChI is InChI=1S/C17H16FNO2/c1-2-17(20)19-11-13-5-9-16(10-6-13)21-12-14-3-7-15(18)8-4-14/h2-10H,1,11-12H2,(H,19,20). The van der Waals surface area contributed by atoms with E-state index in [-0.39, 0.29) is 11.7 Å². The van der Waals surface area contributed by atoms with Gasteiger partial charge in [-0.3, -0.25) is 4.79 Å². The van der Waals surface area contributed by atoms with Crippen LogP contribution < -0.4 is 10.1 Å². The van der Waals surface area contributed by atoms with Crippen LogP contribution in [-0.4, -0.2) is 5.91 Å². The molecular formula is C17H16FNO2. The maximum Gasteiger partial charge on any atom is 0.243 e. The first-order valence-electron chi connectivity index (χ1n) is 6.54. The SMILES string of the molecule is C=CC(=O)NCc1ccc(OCc2ccc(F)cc2)cc1. The van der Waals surface area contributed by atoms with Crippen LogP contribution in [0.3, 0.4) is 0 Å². The molecule has 0 bridgehead atoms. The number of nitrogens with one attached hydrogen (secondary N) is 1. The minimum Gasteiger partial charge on any atom is -0.489 e. The quantitative estimate of drug-likeness (QED) is 0.828. The van der Waals surface area contributed by atoms with Crippen molar-refractivity contribution in [3.63, 3.8) is 0 Å². The molecule has 0 spiro atoms. The largest absolute Gasteiger partial charge is 0.489 e. The van der Waals surface area contributed by atoms with Crippen LogP contribution >= 0.6 is 0 Å². The molecule has 4 heteroatoms. The van der Waals surface area contributed by atoms with E-state index in [2.05, 4.69) is 11.9 Å². The molecular weight excluding hydrogens is 269 g/mol. The molecule has 0 aliphatic carbocycles. The van der Waals surface area contributed by atoms with E-state index in [1.807, 2.05) is 24.3 Å². The van der Waals surface area contributed by atoms with Gasteiger partial charge in [0.2, 0.25) is 5.91 Å². The van der Waals surface area contributed by atoms with Gasteiger partial charge in [0.1, 0.15) is 18.2 Å². The summed E-state index contributed by atoms with van der Waals surface area (Å²) in [6, 6.07) is 13.6. The third kappa shape index (κ3) is 4.76. The molecule has 2 aromatic carbocycles. The Hall–Kier alpha value is -2.62. The van der Waals surface area contributed by atoms with Gasteiger partial charge >= 0.3 is 0 Å². The third-order valence-corrected chi connectivity index (χ3v) is 2.89. The van der Waals surface area contributed by atoms with Gasteiger partial charge in [-0.2, -0.15) is 0 Å². The minimum atomic E-state index is -0.260. The van der Waals surface area contributed by atoms with Gasteiger partial charge in [0.05, 0.1) is 0 Å². The molecule has 1 amide bonds. The normalized spacial score (nSPS) is 9.95. The van der Waals surface area contributed by atoms with Crippen molar-refractivity contribution in [1.82, 2.24) is 5.32 Å². The van der Waals surface area contributed by atoms with E-state index < -0.39 is 0 Å². The lowest BCUT2D eigenvalue weighted by molar-refractivity contribution is -0.116. The van der Waals surface area contributed by atoms with Crippen molar-refractivity contribution in [2.75, 3.05) is 0 Å². The molecule has 2 aromatic rings. The molecule has 3 nitrogen and oxygen atoms in total. The summed E-state index contributed by atoms with van der Waals surface area (Å²) in [4.78, 5) is 11.1. The Morgan fingerprint density at radius 3 is 2.33 bits per heavy atom. The second-order valence-electron chi connectivity index (χ2n) is 4.48. The molecule has 0 fully saturated rings. The average molecular weight is 285 g/mol. The van der Waals surface area contributed by atoms with Crippen LogP contribution in [0.15, 0.2) is 61.2 Å². The Balaban J connectivity index is 1.85. The predicted octanol–water partition coefficient (Wildman–Crippen LogP) is 3.21. The number of halogens is 1. The summed E-state index contributed by atoms with van der Waals surface area (Å²) in [6.07, 6.45) is 1.24. The summed E-state index contributed by atoms with van der Waals surface area (Å²) in [5.41, 5.74) is 1.87. The van der Waals surface area contributed by atoms with Gasteiger partial charge in [0.25, 0.3) is 0 Å². The fourth-order valence-corrected chi connectivity index (χ4v) is 1.71. The van der Waals surface area contributed by atoms with Gasteiger partial charge in [-0.05, 0) is 41.5 Å². The summed E-state index contributed by atoms with van der Waals surface area (Å²) in [6.45, 7) is 4.22. The fraction of sp³-hybridized carbons (Fsp3) is 0.118. The molecule has 0 aliphatic heterocycles. The van der Waals surface area contributed by atoms with E-state index in [1.54, 1.807) is 12.1 Å². The predicted molar refractivity (Wildman–Crippen MR) is 79.2 cm³/mol. The van der Waals surface area contributed by atoms with Gasteiger partial charge in [0, 0.05) is 6.54 Å². The second-order valence-corrected chi connectivity index (χ2v) is 4.48. The fourth-order valence-electron chi connectivity index (χ4n) is 1.71. The van der Waals surface area contributed by atoms with Crippen molar-refractivity contribution in [2.45, 2.75) is 13.2 Å². The van der Waals surface area contributed by atoms with Crippen molar-refractivity contribution in [3.8, 4) is 5.75 Å². The van der Waals surface area contributed by atoms with E-state index >= 15 is 0 Å². The monoisotopic (exact) mass is 285 g/mol. The van der Waals surface area contributed by atoms with Crippen molar-refractivity contribution in [3.05, 3.63) is 78.1 Å². The molecule has 0 atom stereocenters. The molecule has 0 saturated carbocycles. The van der Waals surface area contributed by atoms with Crippen LogP contribution in [0.25, 0.3) is 0 Å². The van der Waals surface area contributed by atoms with Crippen LogP contribution in [0.5, 0.6) is 5.75 Å². The molecule has 108 valence electrons. The molecule has 0 aromatic heterocycles. The van der Waals surface area contributed by atoms with Gasteiger partial charge in [-0.15, -0.1) is 0 Å². The lowest BCUT2D eigenvalue weighted by Crippen LogP contribution is -2.19. The topological polar surface area (TPSA) is 38.3 Å². The highest BCUT2D eigenvalue weighted by Gasteiger charge is 1.99. The van der Waals surface area contributed by atoms with Crippen molar-refractivity contribution in [2.24, 2.45) is 0 Å². The van der Waals surface area contributed by atoms with Gasteiger partial charge in [-0.25, -0.2) is 4.39 Å². The van der Waals surface area contributed by atoms with E-state index in [0.717, 1.165) is 16.9 Å². The van der Waals surface area contributed by atoms with Crippen LogP contribution in [0.2, 0.25) is 0 Å². The summed E-state index contributed by atoms with van der Waals surface area (Å²) in [5.74, 6) is 0.259. The number of benzene rings is 2. The zero-order chi connectivity index (χ0) is 15.1. The number of carbonyl (C=O) groups is 1. The van der Waals surface area contributed by atoms with Gasteiger partial charge in [-0.1, -0.05) is 30.8 Å². The van der Waals surface area contributed by atoms with Gasteiger partial charge < -0.3 is 10.1 Å². The summed E-state index contributed by atoms with van der Waals surface area (Å²) < 4.78 is 18.4. The van der Waals surface area contributed by atoms with Crippen LogP contribution in [-0.2, 0) is 17.9 Å². The zero-order valence-electron chi connectivity index (χ0n) is 11.5. The second kappa shape index (κ2) is 7.24. The Morgan fingerprint density at radius 1 is 1.10 bits per heavy atom. The molecule has 1 N–H and O–H groups in total. The number of ether oxygens (including phenoxy) is 1. The van der Waals surface area contributed by atoms with E-state index in [0.29, 0.717) is 13.2 Å². The lowest BCUT2D eigenvalue weighted by Gasteiger charge is -2.08. The Morgan fingerprint density at radius 2 is 1.71 bits per heavy atom. The maximum atomic E-state index is 12.8. The Bertz CT molecular complexity index is 606. The van der Waals surface area contributed by atoms with Crippen molar-refractivity contribution in [1.29, 1.82) is 0 Å². The molecule has 0 unspecified atom stereocenters. The lowest BCUT2D eigenvalue weighted by atomic mass is 10.2. The summed E-state index contributed by atoms with van der Waals surface area (Å²) in [5, 5.41) is 2.70. The zero-order valence-corrected chi connectivity index (χ0v) is 11.5. The van der Waals surface area contributed by atoms with E-state index in [9.17, 15) is 9.18 Å². The first-order valence-corrected chi connectivity index (χ1v) is 6.54. The highest BCUT2D eigenvalue weighted by Crippen LogP contribution is 2.14. The first-order chi connectivity index (χ1) is 10.2. The molecule has 0 aliphatic rings. The highest BCUT2D eigenvalue weighted by atomic mass is 19.1. The number of hydrogen-bond acceptors (Lipinski definition) is 2. The van der Waals surface area contributed by atoms with Crippen LogP contribution in [0.4, 0.5) is 4.39 Å². The molecule has 0 radical (unpaired) electrons. The van der Waals surface area contributed by atoms with Crippen LogP contribution in [0.1, 0.15) is 11.1 Å². The molecule has 21 heavy (non-hydrogen) atoms. The maximum absolute atomic E-state index is 12.8. The molecule has 0 heterocycles. The van der Waals surface area contributed by atoms with Crippen molar-refractivity contribution >= 4 is 5.91 Å². The average Bonchev–Trinajstić information content (AvgIpc) is 2.53. The number of rotatable bonds is 6. The van der Waals surface area contributed by atoms with Gasteiger partial charge in [0.15, 0.2) is 0 Å². The smallest absolute Gasteiger partial charge is 0.243 e. The number of amides is 1. The first kappa shape index (κ1) is 14.8. The molecule has 2 rings (SSSR count). The Labute approximate surface area is 123 Å². The molecule has 0 saturated heterocycles. The summed E-state index contributed by atoms with van der Waals surface area (Å²) in [7, 11) is 0. The van der Waals surface area contributed by atoms with E-state index in [1.165, 1.54) is 18.2 Å². The van der Waals surface area contributed by atoms with Crippen LogP contribution in [0, 0.1) is 5.82 Å². The Kier molecular flexibility index (Phi) is 5.10. The minimum absolute atomic E-state index is 0.202. The number of hydrogen-bond donors (Lipinski definition) is 1. The number of carbonyl (C=O) groups excluding carboxylic acids is 1. The van der Waals surface area contributed by atoms with E-state index in [4.69, 9.17) is 4.74 Å². The van der Waals surface area contributed by atoms with Crippen molar-refractivity contribution < 1.29 is 13.9 Å². The third-order valence-electron chi connectivity index (χ3n) is 2.89.